The topological polar surface area (TPSA) is 124 Å². The summed E-state index contributed by atoms with van der Waals surface area (Å²) in [6.07, 6.45) is 0. The van der Waals surface area contributed by atoms with E-state index in [0.717, 1.165) is 18.2 Å². The van der Waals surface area contributed by atoms with Gasteiger partial charge >= 0.3 is 5.97 Å². The Kier molecular flexibility index (Phi) is 5.88. The first-order valence-corrected chi connectivity index (χ1v) is 9.59. The first-order chi connectivity index (χ1) is 14.0. The highest BCUT2D eigenvalue weighted by molar-refractivity contribution is 6.55. The molecule has 3 N–H and O–H groups in total. The fourth-order valence-corrected chi connectivity index (χ4v) is 3.86. The zero-order valence-electron chi connectivity index (χ0n) is 14.8. The van der Waals surface area contributed by atoms with Crippen molar-refractivity contribution in [1.82, 2.24) is 4.90 Å². The van der Waals surface area contributed by atoms with Gasteiger partial charge in [0.25, 0.3) is 11.8 Å². The summed E-state index contributed by atoms with van der Waals surface area (Å²) >= 11 is 24.0. The van der Waals surface area contributed by atoms with Crippen LogP contribution in [0.2, 0.25) is 20.1 Å². The van der Waals surface area contributed by atoms with Crippen LogP contribution >= 0.6 is 46.4 Å². The van der Waals surface area contributed by atoms with Crippen LogP contribution in [-0.2, 0) is 4.79 Å². The van der Waals surface area contributed by atoms with Gasteiger partial charge in [0.15, 0.2) is 0 Å². The summed E-state index contributed by atoms with van der Waals surface area (Å²) in [5, 5.41) is 20.2. The molecule has 2 aromatic carbocycles. The van der Waals surface area contributed by atoms with E-state index >= 15 is 0 Å². The molecule has 0 radical (unpaired) electrons. The molecule has 3 amide bonds. The van der Waals surface area contributed by atoms with Crippen LogP contribution < -0.4 is 5.32 Å². The molecule has 1 atom stereocenters. The van der Waals surface area contributed by atoms with E-state index in [0.29, 0.717) is 4.90 Å². The second-order valence-corrected chi connectivity index (χ2v) is 7.70. The maximum Gasteiger partial charge on any atom is 0.335 e. The molecule has 0 saturated carbocycles. The van der Waals surface area contributed by atoms with E-state index < -0.39 is 35.5 Å². The van der Waals surface area contributed by atoms with E-state index in [-0.39, 0.29) is 42.5 Å². The van der Waals surface area contributed by atoms with Crippen molar-refractivity contribution < 1.29 is 29.4 Å². The van der Waals surface area contributed by atoms with Gasteiger partial charge in [-0.3, -0.25) is 19.3 Å². The number of anilines is 1. The van der Waals surface area contributed by atoms with Gasteiger partial charge in [0.1, 0.15) is 11.8 Å². The number of carbonyl (C=O) groups excluding carboxylic acids is 3. The number of carbonyl (C=O) groups is 4. The van der Waals surface area contributed by atoms with Crippen LogP contribution in [0.1, 0.15) is 38.0 Å². The van der Waals surface area contributed by atoms with Crippen molar-refractivity contribution in [3.8, 4) is 5.75 Å². The molecule has 1 aliphatic heterocycles. The lowest BCUT2D eigenvalue weighted by Crippen LogP contribution is -2.45. The monoisotopic (exact) mass is 490 g/mol. The number of hydrogen-bond donors (Lipinski definition) is 3. The summed E-state index contributed by atoms with van der Waals surface area (Å²) in [6.45, 7) is 1.25. The van der Waals surface area contributed by atoms with E-state index in [1.807, 2.05) is 0 Å². The Hall–Kier alpha value is -2.52. The number of benzene rings is 2. The molecule has 0 saturated heterocycles. The molecule has 0 aromatic heterocycles. The van der Waals surface area contributed by atoms with Crippen LogP contribution in [0.25, 0.3) is 0 Å². The molecular weight excluding hydrogens is 482 g/mol. The SMILES string of the molecule is CC(C(=O)Nc1cc(C(=O)O)ccc1O)N1C(=O)c2c(Cl)c(Cl)c(Cl)c(Cl)c2C1=O. The maximum atomic E-state index is 12.8. The lowest BCUT2D eigenvalue weighted by molar-refractivity contribution is -0.119. The van der Waals surface area contributed by atoms with E-state index in [1.165, 1.54) is 6.92 Å². The Morgan fingerprint density at radius 2 is 1.47 bits per heavy atom. The molecule has 12 heteroatoms. The number of hydrogen-bond acceptors (Lipinski definition) is 5. The van der Waals surface area contributed by atoms with Crippen LogP contribution in [0.4, 0.5) is 5.69 Å². The van der Waals surface area contributed by atoms with Gasteiger partial charge in [-0.25, -0.2) is 4.79 Å². The quantitative estimate of drug-likeness (QED) is 0.253. The summed E-state index contributed by atoms with van der Waals surface area (Å²) < 4.78 is 0. The number of nitrogens with zero attached hydrogens (tertiary/aromatic N) is 1. The second kappa shape index (κ2) is 7.96. The molecule has 3 rings (SSSR count). The van der Waals surface area contributed by atoms with Crippen molar-refractivity contribution in [1.29, 1.82) is 0 Å². The minimum atomic E-state index is -1.38. The number of fused-ring (bicyclic) bond motifs is 1. The molecule has 0 spiro atoms. The molecule has 156 valence electrons. The number of phenolic OH excluding ortho intramolecular Hbond substituents is 1. The third-order valence-electron chi connectivity index (χ3n) is 4.40. The fraction of sp³-hybridized carbons (Fsp3) is 0.111. The van der Waals surface area contributed by atoms with Gasteiger partial charge in [-0.1, -0.05) is 46.4 Å². The summed E-state index contributed by atoms with van der Waals surface area (Å²) in [6, 6.07) is 1.86. The van der Waals surface area contributed by atoms with Gasteiger partial charge in [0.05, 0.1) is 42.5 Å². The van der Waals surface area contributed by atoms with E-state index in [1.54, 1.807) is 0 Å². The van der Waals surface area contributed by atoms with E-state index in [9.17, 15) is 24.3 Å². The zero-order valence-corrected chi connectivity index (χ0v) is 17.8. The zero-order chi connectivity index (χ0) is 22.5. The Morgan fingerprint density at radius 1 is 0.967 bits per heavy atom. The van der Waals surface area contributed by atoms with Crippen molar-refractivity contribution in [2.45, 2.75) is 13.0 Å². The Labute approximate surface area is 188 Å². The lowest BCUT2D eigenvalue weighted by Gasteiger charge is -2.22. The standard InChI is InChI=1S/C18H10Cl4N2O6/c1-5(15(26)23-7-4-6(18(29)30)2-3-8(7)25)24-16(27)9-10(17(24)28)12(20)14(22)13(21)11(9)19/h2-5,25H,1H3,(H,23,26)(H,29,30). The second-order valence-electron chi connectivity index (χ2n) is 6.19. The summed E-state index contributed by atoms with van der Waals surface area (Å²) in [4.78, 5) is 50.0. The molecule has 0 fully saturated rings. The predicted molar refractivity (Wildman–Crippen MR) is 110 cm³/mol. The average molecular weight is 492 g/mol. The first kappa shape index (κ1) is 22.2. The van der Waals surface area contributed by atoms with Crippen LogP contribution in [0.3, 0.4) is 0 Å². The van der Waals surface area contributed by atoms with Gasteiger partial charge in [-0.15, -0.1) is 0 Å². The van der Waals surface area contributed by atoms with E-state index in [2.05, 4.69) is 5.32 Å². The maximum absolute atomic E-state index is 12.8. The molecule has 0 bridgehead atoms. The third-order valence-corrected chi connectivity index (χ3v) is 6.20. The Morgan fingerprint density at radius 3 is 1.93 bits per heavy atom. The van der Waals surface area contributed by atoms with Crippen molar-refractivity contribution >= 4 is 75.8 Å². The van der Waals surface area contributed by atoms with Crippen LogP contribution in [-0.4, -0.2) is 44.8 Å². The molecule has 30 heavy (non-hydrogen) atoms. The number of amides is 3. The highest BCUT2D eigenvalue weighted by Gasteiger charge is 2.45. The summed E-state index contributed by atoms with van der Waals surface area (Å²) in [5.41, 5.74) is -0.974. The first-order valence-electron chi connectivity index (χ1n) is 8.08. The molecule has 0 aliphatic carbocycles. The number of rotatable bonds is 4. The number of phenols is 1. The molecular formula is C18H10Cl4N2O6. The lowest BCUT2D eigenvalue weighted by atomic mass is 10.1. The van der Waals surface area contributed by atoms with Crippen molar-refractivity contribution in [2.75, 3.05) is 5.32 Å². The predicted octanol–water partition coefficient (Wildman–Crippen LogP) is 4.33. The normalized spacial score (nSPS) is 14.0. The minimum absolute atomic E-state index is 0.195. The number of halogens is 4. The van der Waals surface area contributed by atoms with Gasteiger partial charge in [0, 0.05) is 0 Å². The van der Waals surface area contributed by atoms with Gasteiger partial charge < -0.3 is 15.5 Å². The smallest absolute Gasteiger partial charge is 0.335 e. The molecule has 2 aromatic rings. The van der Waals surface area contributed by atoms with Gasteiger partial charge in [0.2, 0.25) is 5.91 Å². The van der Waals surface area contributed by atoms with Gasteiger partial charge in [-0.2, -0.15) is 0 Å². The number of aromatic hydroxyl groups is 1. The molecule has 1 aliphatic rings. The highest BCUT2D eigenvalue weighted by Crippen LogP contribution is 2.45. The number of carboxylic acids is 1. The number of imide groups is 1. The van der Waals surface area contributed by atoms with Crippen molar-refractivity contribution in [3.05, 3.63) is 55.0 Å². The fourth-order valence-electron chi connectivity index (χ4n) is 2.84. The highest BCUT2D eigenvalue weighted by atomic mass is 35.5. The van der Waals surface area contributed by atoms with E-state index in [4.69, 9.17) is 51.5 Å². The minimum Gasteiger partial charge on any atom is -0.506 e. The van der Waals surface area contributed by atoms with Crippen LogP contribution in [0.15, 0.2) is 18.2 Å². The van der Waals surface area contributed by atoms with Crippen LogP contribution in [0.5, 0.6) is 5.75 Å². The summed E-state index contributed by atoms with van der Waals surface area (Å²) in [7, 11) is 0. The Bertz CT molecular complexity index is 1100. The van der Waals surface area contributed by atoms with Crippen molar-refractivity contribution in [3.63, 3.8) is 0 Å². The number of carboxylic acid groups (broad SMARTS) is 1. The molecule has 8 nitrogen and oxygen atoms in total. The third kappa shape index (κ3) is 3.45. The number of nitrogens with one attached hydrogen (secondary N) is 1. The molecule has 1 heterocycles. The Balaban J connectivity index is 1.95. The number of aromatic carboxylic acids is 1. The van der Waals surface area contributed by atoms with Crippen LogP contribution in [0, 0.1) is 0 Å². The molecule has 1 unspecified atom stereocenters. The summed E-state index contributed by atoms with van der Waals surface area (Å²) in [5.74, 6) is -4.39. The average Bonchev–Trinajstić information content (AvgIpc) is 2.95. The van der Waals surface area contributed by atoms with Gasteiger partial charge in [-0.05, 0) is 25.1 Å². The largest absolute Gasteiger partial charge is 0.506 e. The van der Waals surface area contributed by atoms with Crippen molar-refractivity contribution in [2.24, 2.45) is 0 Å².